The van der Waals surface area contributed by atoms with Gasteiger partial charge in [-0.05, 0) is 43.4 Å². The van der Waals surface area contributed by atoms with Gasteiger partial charge in [-0.2, -0.15) is 0 Å². The summed E-state index contributed by atoms with van der Waals surface area (Å²) in [4.78, 5) is 7.22. The van der Waals surface area contributed by atoms with Gasteiger partial charge in [0.25, 0.3) is 0 Å². The van der Waals surface area contributed by atoms with Crippen LogP contribution in [0.25, 0.3) is 0 Å². The summed E-state index contributed by atoms with van der Waals surface area (Å²) in [5.74, 6) is 2.10. The third kappa shape index (κ3) is 4.99. The van der Waals surface area contributed by atoms with Gasteiger partial charge >= 0.3 is 0 Å². The molecule has 118 valence electrons. The van der Waals surface area contributed by atoms with Crippen LogP contribution in [0.2, 0.25) is 0 Å². The molecule has 0 aromatic carbocycles. The van der Waals surface area contributed by atoms with Gasteiger partial charge in [-0.1, -0.05) is 33.6 Å². The Morgan fingerprint density at radius 1 is 1.29 bits per heavy atom. The van der Waals surface area contributed by atoms with Gasteiger partial charge in [0.05, 0.1) is 0 Å². The van der Waals surface area contributed by atoms with Crippen LogP contribution in [0.3, 0.4) is 0 Å². The number of hydrogen-bond donors (Lipinski definition) is 1. The molecule has 0 unspecified atom stereocenters. The summed E-state index contributed by atoms with van der Waals surface area (Å²) >= 11 is 0. The zero-order valence-electron chi connectivity index (χ0n) is 14.2. The van der Waals surface area contributed by atoms with Crippen LogP contribution in [-0.2, 0) is 6.54 Å². The lowest BCUT2D eigenvalue weighted by Gasteiger charge is -2.33. The molecule has 0 radical (unpaired) electrons. The lowest BCUT2D eigenvalue weighted by Crippen LogP contribution is -2.34. The molecular weight excluding hydrogens is 258 g/mol. The van der Waals surface area contributed by atoms with Crippen molar-refractivity contribution in [2.24, 2.45) is 5.92 Å². The van der Waals surface area contributed by atoms with Gasteiger partial charge in [-0.3, -0.25) is 0 Å². The van der Waals surface area contributed by atoms with Gasteiger partial charge in [0, 0.05) is 31.4 Å². The number of nitrogens with one attached hydrogen (secondary N) is 1. The van der Waals surface area contributed by atoms with Crippen molar-refractivity contribution in [1.82, 2.24) is 10.3 Å². The predicted octanol–water partition coefficient (Wildman–Crippen LogP) is 3.90. The average molecular weight is 289 g/mol. The largest absolute Gasteiger partial charge is 0.357 e. The van der Waals surface area contributed by atoms with Crippen LogP contribution in [0, 0.1) is 12.8 Å². The minimum Gasteiger partial charge on any atom is -0.357 e. The summed E-state index contributed by atoms with van der Waals surface area (Å²) in [6.45, 7) is 12.0. The highest BCUT2D eigenvalue weighted by Crippen LogP contribution is 2.25. The molecule has 1 aromatic heterocycles. The quantitative estimate of drug-likeness (QED) is 0.860. The van der Waals surface area contributed by atoms with Crippen LogP contribution in [0.4, 0.5) is 5.82 Å². The molecule has 1 aliphatic heterocycles. The smallest absolute Gasteiger partial charge is 0.129 e. The van der Waals surface area contributed by atoms with E-state index in [0.29, 0.717) is 6.04 Å². The van der Waals surface area contributed by atoms with E-state index in [1.165, 1.54) is 37.1 Å². The number of anilines is 1. The van der Waals surface area contributed by atoms with Crippen molar-refractivity contribution >= 4 is 5.82 Å². The van der Waals surface area contributed by atoms with E-state index in [2.05, 4.69) is 50.0 Å². The number of aromatic nitrogens is 1. The van der Waals surface area contributed by atoms with Crippen molar-refractivity contribution in [3.63, 3.8) is 0 Å². The SMILES string of the molecule is CCCC1CCN(c2cc(CNC(C)C)cc(C)n2)CC1. The summed E-state index contributed by atoms with van der Waals surface area (Å²) < 4.78 is 0. The molecule has 1 N–H and O–H groups in total. The molecule has 0 amide bonds. The van der Waals surface area contributed by atoms with Crippen LogP contribution < -0.4 is 10.2 Å². The first kappa shape index (κ1) is 16.3. The predicted molar refractivity (Wildman–Crippen MR) is 90.8 cm³/mol. The van der Waals surface area contributed by atoms with E-state index in [1.54, 1.807) is 0 Å². The number of rotatable bonds is 6. The second-order valence-electron chi connectivity index (χ2n) is 6.73. The zero-order chi connectivity index (χ0) is 15.2. The normalized spacial score (nSPS) is 16.7. The summed E-state index contributed by atoms with van der Waals surface area (Å²) in [5, 5.41) is 3.50. The van der Waals surface area contributed by atoms with Crippen LogP contribution in [-0.4, -0.2) is 24.1 Å². The lowest BCUT2D eigenvalue weighted by molar-refractivity contribution is 0.377. The van der Waals surface area contributed by atoms with Crippen molar-refractivity contribution in [3.05, 3.63) is 23.4 Å². The number of hydrogen-bond acceptors (Lipinski definition) is 3. The molecule has 1 aromatic rings. The zero-order valence-corrected chi connectivity index (χ0v) is 14.2. The molecule has 0 saturated carbocycles. The van der Waals surface area contributed by atoms with E-state index in [0.717, 1.165) is 31.2 Å². The fourth-order valence-corrected chi connectivity index (χ4v) is 3.17. The Bertz CT molecular complexity index is 434. The highest BCUT2D eigenvalue weighted by molar-refractivity contribution is 5.43. The molecular formula is C18H31N3. The number of nitrogens with zero attached hydrogens (tertiary/aromatic N) is 2. The summed E-state index contributed by atoms with van der Waals surface area (Å²) in [7, 11) is 0. The second-order valence-corrected chi connectivity index (χ2v) is 6.73. The van der Waals surface area contributed by atoms with Gasteiger partial charge in [-0.25, -0.2) is 4.98 Å². The average Bonchev–Trinajstić information content (AvgIpc) is 2.46. The van der Waals surface area contributed by atoms with Gasteiger partial charge in [0.2, 0.25) is 0 Å². The highest BCUT2D eigenvalue weighted by Gasteiger charge is 2.19. The minimum atomic E-state index is 0.520. The summed E-state index contributed by atoms with van der Waals surface area (Å²) in [5.41, 5.74) is 2.48. The van der Waals surface area contributed by atoms with E-state index in [-0.39, 0.29) is 0 Å². The van der Waals surface area contributed by atoms with Crippen molar-refractivity contribution in [2.45, 2.75) is 66.0 Å². The number of piperidine rings is 1. The molecule has 2 heterocycles. The highest BCUT2D eigenvalue weighted by atomic mass is 15.2. The third-order valence-corrected chi connectivity index (χ3v) is 4.35. The Labute approximate surface area is 130 Å². The van der Waals surface area contributed by atoms with Crippen molar-refractivity contribution in [2.75, 3.05) is 18.0 Å². The maximum Gasteiger partial charge on any atom is 0.129 e. The van der Waals surface area contributed by atoms with Gasteiger partial charge in [-0.15, -0.1) is 0 Å². The first-order valence-electron chi connectivity index (χ1n) is 8.54. The number of aryl methyl sites for hydroxylation is 1. The first-order valence-corrected chi connectivity index (χ1v) is 8.54. The van der Waals surface area contributed by atoms with Crippen LogP contribution in [0.5, 0.6) is 0 Å². The molecule has 1 aliphatic rings. The molecule has 1 saturated heterocycles. The number of pyridine rings is 1. The Morgan fingerprint density at radius 2 is 2.00 bits per heavy atom. The molecule has 3 nitrogen and oxygen atoms in total. The van der Waals surface area contributed by atoms with Crippen LogP contribution >= 0.6 is 0 Å². The Kier molecular flexibility index (Phi) is 6.04. The maximum absolute atomic E-state index is 4.75. The summed E-state index contributed by atoms with van der Waals surface area (Å²) in [6.07, 6.45) is 5.35. The molecule has 0 atom stereocenters. The fraction of sp³-hybridized carbons (Fsp3) is 0.722. The second kappa shape index (κ2) is 7.79. The topological polar surface area (TPSA) is 28.2 Å². The monoisotopic (exact) mass is 289 g/mol. The minimum absolute atomic E-state index is 0.520. The van der Waals surface area contributed by atoms with E-state index < -0.39 is 0 Å². The molecule has 0 aliphatic carbocycles. The first-order chi connectivity index (χ1) is 10.1. The Hall–Kier alpha value is -1.09. The molecule has 0 spiro atoms. The van der Waals surface area contributed by atoms with Crippen molar-refractivity contribution < 1.29 is 0 Å². The Morgan fingerprint density at radius 3 is 2.62 bits per heavy atom. The third-order valence-electron chi connectivity index (χ3n) is 4.35. The lowest BCUT2D eigenvalue weighted by atomic mass is 9.92. The van der Waals surface area contributed by atoms with E-state index >= 15 is 0 Å². The van der Waals surface area contributed by atoms with Crippen molar-refractivity contribution in [3.8, 4) is 0 Å². The fourth-order valence-electron chi connectivity index (χ4n) is 3.17. The van der Waals surface area contributed by atoms with E-state index in [9.17, 15) is 0 Å². The standard InChI is InChI=1S/C18H31N3/c1-5-6-16-7-9-21(10-8-16)18-12-17(11-15(4)20-18)13-19-14(2)3/h11-12,14,16,19H,5-10,13H2,1-4H3. The summed E-state index contributed by atoms with van der Waals surface area (Å²) in [6, 6.07) is 4.98. The van der Waals surface area contributed by atoms with Crippen LogP contribution in [0.15, 0.2) is 12.1 Å². The van der Waals surface area contributed by atoms with Gasteiger partial charge in [0.15, 0.2) is 0 Å². The van der Waals surface area contributed by atoms with Crippen LogP contribution in [0.1, 0.15) is 57.7 Å². The Balaban J connectivity index is 1.99. The van der Waals surface area contributed by atoms with Crippen molar-refractivity contribution in [1.29, 1.82) is 0 Å². The maximum atomic E-state index is 4.75. The molecule has 2 rings (SSSR count). The molecule has 0 bridgehead atoms. The van der Waals surface area contributed by atoms with E-state index in [4.69, 9.17) is 4.98 Å². The molecule has 21 heavy (non-hydrogen) atoms. The van der Waals surface area contributed by atoms with E-state index in [1.807, 2.05) is 0 Å². The molecule has 3 heteroatoms. The molecule has 1 fully saturated rings. The van der Waals surface area contributed by atoms with Gasteiger partial charge < -0.3 is 10.2 Å². The van der Waals surface area contributed by atoms with Gasteiger partial charge in [0.1, 0.15) is 5.82 Å².